The summed E-state index contributed by atoms with van der Waals surface area (Å²) < 4.78 is 0. The van der Waals surface area contributed by atoms with E-state index >= 15 is 0 Å². The van der Waals surface area contributed by atoms with Gasteiger partial charge in [0.25, 0.3) is 0 Å². The molecule has 28 heavy (non-hydrogen) atoms. The zero-order valence-electron chi connectivity index (χ0n) is 17.5. The van der Waals surface area contributed by atoms with Gasteiger partial charge in [0.05, 0.1) is 5.75 Å². The molecule has 0 bridgehead atoms. The van der Waals surface area contributed by atoms with Crippen LogP contribution >= 0.6 is 11.8 Å². The molecule has 1 atom stereocenters. The topological polar surface area (TPSA) is 66.6 Å². The van der Waals surface area contributed by atoms with Crippen LogP contribution in [0.4, 0.5) is 11.4 Å². The van der Waals surface area contributed by atoms with Crippen molar-refractivity contribution in [2.24, 2.45) is 0 Å². The molecule has 1 unspecified atom stereocenters. The number of anilines is 2. The van der Waals surface area contributed by atoms with Crippen LogP contribution in [-0.4, -0.2) is 16.8 Å². The van der Waals surface area contributed by atoms with Crippen LogP contribution in [-0.2, 0) is 15.6 Å². The Morgan fingerprint density at radius 1 is 1.00 bits per heavy atom. The molecule has 0 radical (unpaired) electrons. The summed E-state index contributed by atoms with van der Waals surface area (Å²) in [6.45, 7) is 12.6. The Balaban J connectivity index is 2.16. The number of phenolic OH excluding ortho intramolecular Hbond substituents is 1. The molecule has 1 amide bonds. The first-order valence-corrected chi connectivity index (χ1v) is 10.6. The molecule has 0 aromatic heterocycles. The van der Waals surface area contributed by atoms with Crippen LogP contribution in [0.3, 0.4) is 0 Å². The summed E-state index contributed by atoms with van der Waals surface area (Å²) in [6.07, 6.45) is 0. The largest absolute Gasteiger partial charge is 0.507 e. The zero-order chi connectivity index (χ0) is 20.9. The number of nitrogen functional groups attached to an aromatic ring is 1. The highest BCUT2D eigenvalue weighted by Gasteiger charge is 2.36. The number of thioether (sulfide) groups is 1. The Kier molecular flexibility index (Phi) is 5.17. The maximum Gasteiger partial charge on any atom is 0.238 e. The lowest BCUT2D eigenvalue weighted by molar-refractivity contribution is -0.115. The molecular weight excluding hydrogens is 368 g/mol. The van der Waals surface area contributed by atoms with Crippen molar-refractivity contribution in [2.45, 2.75) is 57.7 Å². The van der Waals surface area contributed by atoms with E-state index in [-0.39, 0.29) is 22.1 Å². The zero-order valence-corrected chi connectivity index (χ0v) is 18.4. The van der Waals surface area contributed by atoms with E-state index < -0.39 is 0 Å². The van der Waals surface area contributed by atoms with Gasteiger partial charge in [-0.05, 0) is 63.9 Å². The van der Waals surface area contributed by atoms with Crippen molar-refractivity contribution >= 4 is 29.0 Å². The van der Waals surface area contributed by atoms with Crippen molar-refractivity contribution in [3.8, 4) is 5.75 Å². The number of nitrogens with two attached hydrogens (primary N) is 1. The predicted molar refractivity (Wildman–Crippen MR) is 119 cm³/mol. The molecule has 0 aliphatic carbocycles. The maximum atomic E-state index is 12.7. The first kappa shape index (κ1) is 20.6. The second-order valence-corrected chi connectivity index (χ2v) is 10.6. The van der Waals surface area contributed by atoms with E-state index in [1.54, 1.807) is 11.8 Å². The van der Waals surface area contributed by atoms with Crippen molar-refractivity contribution in [2.75, 3.05) is 16.4 Å². The monoisotopic (exact) mass is 398 g/mol. The minimum atomic E-state index is -0.209. The van der Waals surface area contributed by atoms with Crippen LogP contribution in [0, 0.1) is 0 Å². The third kappa shape index (κ3) is 3.86. The van der Waals surface area contributed by atoms with E-state index in [4.69, 9.17) is 5.73 Å². The highest BCUT2D eigenvalue weighted by molar-refractivity contribution is 8.00. The molecule has 3 rings (SSSR count). The van der Waals surface area contributed by atoms with Crippen LogP contribution < -0.4 is 10.6 Å². The molecular formula is C23H30N2O2S. The fourth-order valence-corrected chi connectivity index (χ4v) is 4.68. The second kappa shape index (κ2) is 7.03. The van der Waals surface area contributed by atoms with Gasteiger partial charge in [0.2, 0.25) is 5.91 Å². The van der Waals surface area contributed by atoms with Gasteiger partial charge in [0.1, 0.15) is 11.1 Å². The summed E-state index contributed by atoms with van der Waals surface area (Å²) in [6, 6.07) is 11.5. The smallest absolute Gasteiger partial charge is 0.238 e. The van der Waals surface area contributed by atoms with E-state index in [2.05, 4.69) is 53.7 Å². The Bertz CT molecular complexity index is 857. The average molecular weight is 399 g/mol. The van der Waals surface area contributed by atoms with Crippen molar-refractivity contribution in [1.82, 2.24) is 0 Å². The van der Waals surface area contributed by atoms with Gasteiger partial charge in [-0.3, -0.25) is 9.69 Å². The van der Waals surface area contributed by atoms with Crippen LogP contribution in [0.5, 0.6) is 5.75 Å². The predicted octanol–water partition coefficient (Wildman–Crippen LogP) is 5.35. The lowest BCUT2D eigenvalue weighted by atomic mass is 9.78. The molecule has 2 aromatic rings. The Morgan fingerprint density at radius 2 is 1.50 bits per heavy atom. The number of hydrogen-bond acceptors (Lipinski definition) is 4. The number of rotatable bonds is 2. The SMILES string of the molecule is CC(C)(C)c1cc(C2SCC(=O)N2c2ccc(N)cc2)cc(C(C)(C)C)c1O. The quantitative estimate of drug-likeness (QED) is 0.669. The number of hydrogen-bond donors (Lipinski definition) is 2. The van der Waals surface area contributed by atoms with Crippen LogP contribution in [0.2, 0.25) is 0 Å². The molecule has 4 nitrogen and oxygen atoms in total. The molecule has 0 spiro atoms. The average Bonchev–Trinajstić information content (AvgIpc) is 2.95. The van der Waals surface area contributed by atoms with Crippen molar-refractivity contribution < 1.29 is 9.90 Å². The molecule has 2 aromatic carbocycles. The van der Waals surface area contributed by atoms with Crippen LogP contribution in [0.25, 0.3) is 0 Å². The number of carbonyl (C=O) groups excluding carboxylic acids is 1. The van der Waals surface area contributed by atoms with Gasteiger partial charge in [-0.25, -0.2) is 0 Å². The van der Waals surface area contributed by atoms with Crippen molar-refractivity contribution in [3.05, 3.63) is 53.1 Å². The van der Waals surface area contributed by atoms with E-state index in [0.29, 0.717) is 17.2 Å². The number of nitrogens with zero attached hydrogens (tertiary/aromatic N) is 1. The van der Waals surface area contributed by atoms with Gasteiger partial charge >= 0.3 is 0 Å². The molecule has 1 heterocycles. The van der Waals surface area contributed by atoms with Crippen molar-refractivity contribution in [1.29, 1.82) is 0 Å². The van der Waals surface area contributed by atoms with E-state index in [0.717, 1.165) is 22.4 Å². The maximum absolute atomic E-state index is 12.7. The van der Waals surface area contributed by atoms with E-state index in [1.165, 1.54) is 0 Å². The molecule has 1 fully saturated rings. The first-order valence-electron chi connectivity index (χ1n) is 9.56. The number of amides is 1. The van der Waals surface area contributed by atoms with Gasteiger partial charge in [-0.2, -0.15) is 0 Å². The highest BCUT2D eigenvalue weighted by Crippen LogP contribution is 2.47. The Labute approximate surface area is 172 Å². The summed E-state index contributed by atoms with van der Waals surface area (Å²) >= 11 is 1.62. The van der Waals surface area contributed by atoms with E-state index in [9.17, 15) is 9.90 Å². The summed E-state index contributed by atoms with van der Waals surface area (Å²) in [7, 11) is 0. The van der Waals surface area contributed by atoms with Crippen LogP contribution in [0.15, 0.2) is 36.4 Å². The molecule has 0 saturated carbocycles. The number of phenols is 1. The van der Waals surface area contributed by atoms with Crippen molar-refractivity contribution in [3.63, 3.8) is 0 Å². The fraction of sp³-hybridized carbons (Fsp3) is 0.435. The van der Waals surface area contributed by atoms with Crippen LogP contribution in [0.1, 0.15) is 63.6 Å². The molecule has 1 aliphatic rings. The lowest BCUT2D eigenvalue weighted by Gasteiger charge is -2.31. The molecule has 3 N–H and O–H groups in total. The molecule has 1 saturated heterocycles. The summed E-state index contributed by atoms with van der Waals surface area (Å²) in [4.78, 5) is 14.5. The van der Waals surface area contributed by atoms with Gasteiger partial charge in [0.15, 0.2) is 0 Å². The third-order valence-electron chi connectivity index (χ3n) is 5.07. The number of aromatic hydroxyl groups is 1. The fourth-order valence-electron chi connectivity index (χ4n) is 3.53. The lowest BCUT2D eigenvalue weighted by Crippen LogP contribution is -2.28. The number of benzene rings is 2. The van der Waals surface area contributed by atoms with Gasteiger partial charge in [0, 0.05) is 11.4 Å². The highest BCUT2D eigenvalue weighted by atomic mass is 32.2. The molecule has 150 valence electrons. The molecule has 5 heteroatoms. The Morgan fingerprint density at radius 3 is 1.96 bits per heavy atom. The van der Waals surface area contributed by atoms with Gasteiger partial charge < -0.3 is 10.8 Å². The Hall–Kier alpha value is -2.14. The van der Waals surface area contributed by atoms with Gasteiger partial charge in [-0.1, -0.05) is 41.5 Å². The minimum Gasteiger partial charge on any atom is -0.507 e. The normalized spacial score (nSPS) is 18.0. The third-order valence-corrected chi connectivity index (χ3v) is 6.28. The summed E-state index contributed by atoms with van der Waals surface area (Å²) in [5.74, 6) is 0.880. The minimum absolute atomic E-state index is 0.0856. The number of carbonyl (C=O) groups is 1. The second-order valence-electron chi connectivity index (χ2n) is 9.48. The molecule has 1 aliphatic heterocycles. The van der Waals surface area contributed by atoms with Gasteiger partial charge in [-0.15, -0.1) is 11.8 Å². The standard InChI is InChI=1S/C23H30N2O2S/c1-22(2,3)17-11-14(12-18(20(17)27)23(4,5)6)21-25(19(26)13-28-21)16-9-7-15(24)8-10-16/h7-12,21,27H,13,24H2,1-6H3. The first-order chi connectivity index (χ1) is 12.9. The van der Waals surface area contributed by atoms with E-state index in [1.807, 2.05) is 29.2 Å². The summed E-state index contributed by atoms with van der Waals surface area (Å²) in [5.41, 5.74) is 9.78. The summed E-state index contributed by atoms with van der Waals surface area (Å²) in [5, 5.41) is 10.9.